The standard InChI is InChI=1S/C9H11NO4/c1-6(10(13)14)9(12)7-3-2-4-8(11)5-7/h2-6,9,11-12H,1H3. The normalized spacial score (nSPS) is 14.7. The summed E-state index contributed by atoms with van der Waals surface area (Å²) in [5, 5.41) is 29.0. The van der Waals surface area contributed by atoms with E-state index < -0.39 is 17.1 Å². The van der Waals surface area contributed by atoms with E-state index in [-0.39, 0.29) is 5.75 Å². The van der Waals surface area contributed by atoms with Crippen LogP contribution in [0.25, 0.3) is 0 Å². The van der Waals surface area contributed by atoms with E-state index in [1.807, 2.05) is 0 Å². The van der Waals surface area contributed by atoms with E-state index in [0.717, 1.165) is 0 Å². The summed E-state index contributed by atoms with van der Waals surface area (Å²) in [6.07, 6.45) is -1.20. The van der Waals surface area contributed by atoms with Gasteiger partial charge in [0.25, 0.3) is 0 Å². The summed E-state index contributed by atoms with van der Waals surface area (Å²) in [5.74, 6) is -0.0166. The van der Waals surface area contributed by atoms with E-state index in [2.05, 4.69) is 0 Å². The molecule has 0 heterocycles. The number of rotatable bonds is 3. The summed E-state index contributed by atoms with van der Waals surface area (Å²) >= 11 is 0. The van der Waals surface area contributed by atoms with Crippen LogP contribution >= 0.6 is 0 Å². The zero-order valence-electron chi connectivity index (χ0n) is 7.62. The van der Waals surface area contributed by atoms with Crippen molar-refractivity contribution >= 4 is 0 Å². The Labute approximate surface area is 80.8 Å². The van der Waals surface area contributed by atoms with Crippen LogP contribution in [0.1, 0.15) is 18.6 Å². The van der Waals surface area contributed by atoms with Gasteiger partial charge in [0.05, 0.1) is 0 Å². The molecule has 0 saturated carbocycles. The minimum absolute atomic E-state index is 0.0166. The van der Waals surface area contributed by atoms with Crippen molar-refractivity contribution in [3.63, 3.8) is 0 Å². The summed E-state index contributed by atoms with van der Waals surface area (Å²) in [5.41, 5.74) is 0.342. The molecule has 0 saturated heterocycles. The Morgan fingerprint density at radius 1 is 1.50 bits per heavy atom. The second-order valence-corrected chi connectivity index (χ2v) is 3.07. The molecule has 0 aliphatic carbocycles. The lowest BCUT2D eigenvalue weighted by atomic mass is 10.0. The Kier molecular flexibility index (Phi) is 3.03. The molecule has 5 nitrogen and oxygen atoms in total. The maximum atomic E-state index is 10.4. The van der Waals surface area contributed by atoms with Crippen molar-refractivity contribution in [1.29, 1.82) is 0 Å². The van der Waals surface area contributed by atoms with Crippen molar-refractivity contribution in [1.82, 2.24) is 0 Å². The lowest BCUT2D eigenvalue weighted by molar-refractivity contribution is -0.531. The highest BCUT2D eigenvalue weighted by molar-refractivity contribution is 5.28. The summed E-state index contributed by atoms with van der Waals surface area (Å²) in [4.78, 5) is 9.82. The van der Waals surface area contributed by atoms with Gasteiger partial charge >= 0.3 is 0 Å². The first kappa shape index (κ1) is 10.5. The van der Waals surface area contributed by atoms with Crippen molar-refractivity contribution in [2.24, 2.45) is 0 Å². The number of aromatic hydroxyl groups is 1. The van der Waals surface area contributed by atoms with Gasteiger partial charge in [0.2, 0.25) is 6.04 Å². The van der Waals surface area contributed by atoms with Gasteiger partial charge in [-0.05, 0) is 17.7 Å². The number of phenolic OH excluding ortho intramolecular Hbond substituents is 1. The van der Waals surface area contributed by atoms with Gasteiger partial charge in [-0.15, -0.1) is 0 Å². The van der Waals surface area contributed by atoms with Gasteiger partial charge in [0.1, 0.15) is 11.9 Å². The van der Waals surface area contributed by atoms with E-state index in [1.165, 1.54) is 31.2 Å². The first-order valence-electron chi connectivity index (χ1n) is 4.13. The smallest absolute Gasteiger partial charge is 0.239 e. The maximum absolute atomic E-state index is 10.4. The highest BCUT2D eigenvalue weighted by Gasteiger charge is 2.25. The van der Waals surface area contributed by atoms with Crippen molar-refractivity contribution in [2.45, 2.75) is 19.1 Å². The molecule has 14 heavy (non-hydrogen) atoms. The van der Waals surface area contributed by atoms with Gasteiger partial charge < -0.3 is 10.2 Å². The van der Waals surface area contributed by atoms with Crippen molar-refractivity contribution in [3.05, 3.63) is 39.9 Å². The van der Waals surface area contributed by atoms with Crippen molar-refractivity contribution < 1.29 is 15.1 Å². The molecule has 0 aliphatic heterocycles. The second kappa shape index (κ2) is 4.06. The number of nitro groups is 1. The number of nitrogens with zero attached hydrogens (tertiary/aromatic N) is 1. The number of phenols is 1. The third kappa shape index (κ3) is 2.20. The van der Waals surface area contributed by atoms with Gasteiger partial charge in [-0.1, -0.05) is 12.1 Å². The van der Waals surface area contributed by atoms with Crippen LogP contribution in [0.3, 0.4) is 0 Å². The minimum atomic E-state index is -1.20. The Bertz CT molecular complexity index is 339. The van der Waals surface area contributed by atoms with Gasteiger partial charge in [-0.2, -0.15) is 0 Å². The maximum Gasteiger partial charge on any atom is 0.239 e. The molecular weight excluding hydrogens is 186 g/mol. The van der Waals surface area contributed by atoms with Crippen LogP contribution in [0.15, 0.2) is 24.3 Å². The fourth-order valence-electron chi connectivity index (χ4n) is 1.10. The topological polar surface area (TPSA) is 83.6 Å². The van der Waals surface area contributed by atoms with E-state index >= 15 is 0 Å². The van der Waals surface area contributed by atoms with Crippen LogP contribution in [-0.2, 0) is 0 Å². The lowest BCUT2D eigenvalue weighted by Crippen LogP contribution is -2.23. The van der Waals surface area contributed by atoms with Crippen LogP contribution in [0.4, 0.5) is 0 Å². The molecule has 0 spiro atoms. The largest absolute Gasteiger partial charge is 0.508 e. The van der Waals surface area contributed by atoms with Gasteiger partial charge in [-0.3, -0.25) is 10.1 Å². The van der Waals surface area contributed by atoms with Crippen LogP contribution in [0.2, 0.25) is 0 Å². The van der Waals surface area contributed by atoms with Gasteiger partial charge in [0.15, 0.2) is 0 Å². The van der Waals surface area contributed by atoms with E-state index in [4.69, 9.17) is 5.11 Å². The first-order chi connectivity index (χ1) is 6.52. The molecule has 0 aromatic heterocycles. The molecule has 5 heteroatoms. The average molecular weight is 197 g/mol. The Balaban J connectivity index is 2.89. The fourth-order valence-corrected chi connectivity index (χ4v) is 1.10. The van der Waals surface area contributed by atoms with Crippen LogP contribution in [0, 0.1) is 10.1 Å². The summed E-state index contributed by atoms with van der Waals surface area (Å²) in [7, 11) is 0. The quantitative estimate of drug-likeness (QED) is 0.561. The minimum Gasteiger partial charge on any atom is -0.508 e. The number of hydrogen-bond acceptors (Lipinski definition) is 4. The molecule has 0 aliphatic rings. The predicted octanol–water partition coefficient (Wildman–Crippen LogP) is 1.09. The predicted molar refractivity (Wildman–Crippen MR) is 49.5 cm³/mol. The third-order valence-electron chi connectivity index (χ3n) is 2.00. The van der Waals surface area contributed by atoms with E-state index in [0.29, 0.717) is 5.56 Å². The molecule has 2 unspecified atom stereocenters. The van der Waals surface area contributed by atoms with Gasteiger partial charge in [0, 0.05) is 11.8 Å². The molecule has 0 radical (unpaired) electrons. The van der Waals surface area contributed by atoms with Crippen LogP contribution < -0.4 is 0 Å². The first-order valence-corrected chi connectivity index (χ1v) is 4.13. The molecule has 1 aromatic rings. The Hall–Kier alpha value is -1.62. The summed E-state index contributed by atoms with van der Waals surface area (Å²) in [6.45, 7) is 1.31. The molecule has 2 N–H and O–H groups in total. The lowest BCUT2D eigenvalue weighted by Gasteiger charge is -2.12. The molecule has 0 amide bonds. The second-order valence-electron chi connectivity index (χ2n) is 3.07. The highest BCUT2D eigenvalue weighted by Crippen LogP contribution is 2.21. The van der Waals surface area contributed by atoms with Crippen LogP contribution in [0.5, 0.6) is 5.75 Å². The monoisotopic (exact) mass is 197 g/mol. The molecule has 1 aromatic carbocycles. The highest BCUT2D eigenvalue weighted by atomic mass is 16.6. The number of hydrogen-bond donors (Lipinski definition) is 2. The molecule has 2 atom stereocenters. The van der Waals surface area contributed by atoms with Crippen molar-refractivity contribution in [3.8, 4) is 5.75 Å². The van der Waals surface area contributed by atoms with Gasteiger partial charge in [-0.25, -0.2) is 0 Å². The molecule has 0 bridgehead atoms. The Morgan fingerprint density at radius 2 is 2.14 bits per heavy atom. The van der Waals surface area contributed by atoms with E-state index in [1.54, 1.807) is 0 Å². The fraction of sp³-hybridized carbons (Fsp3) is 0.333. The Morgan fingerprint density at radius 3 is 2.64 bits per heavy atom. The summed E-state index contributed by atoms with van der Waals surface area (Å²) in [6, 6.07) is 4.72. The average Bonchev–Trinajstić information content (AvgIpc) is 2.15. The zero-order chi connectivity index (χ0) is 10.7. The summed E-state index contributed by atoms with van der Waals surface area (Å²) < 4.78 is 0. The van der Waals surface area contributed by atoms with Crippen LogP contribution in [-0.4, -0.2) is 21.2 Å². The molecule has 0 fully saturated rings. The van der Waals surface area contributed by atoms with Crippen molar-refractivity contribution in [2.75, 3.05) is 0 Å². The molecular formula is C9H11NO4. The number of aliphatic hydroxyl groups excluding tert-OH is 1. The molecule has 76 valence electrons. The SMILES string of the molecule is CC(C(O)c1cccc(O)c1)[N+](=O)[O-]. The number of aliphatic hydroxyl groups is 1. The molecule has 1 rings (SSSR count). The number of benzene rings is 1. The zero-order valence-corrected chi connectivity index (χ0v) is 7.62. The third-order valence-corrected chi connectivity index (χ3v) is 2.00. The van der Waals surface area contributed by atoms with E-state index in [9.17, 15) is 15.2 Å².